The van der Waals surface area contributed by atoms with E-state index in [0.29, 0.717) is 5.82 Å². The van der Waals surface area contributed by atoms with Gasteiger partial charge in [0, 0.05) is 7.05 Å². The highest BCUT2D eigenvalue weighted by Gasteiger charge is 2.14. The first-order chi connectivity index (χ1) is 7.00. The smallest absolute Gasteiger partial charge is 0.227 e. The number of hydrogen-bond acceptors (Lipinski definition) is 4. The van der Waals surface area contributed by atoms with Gasteiger partial charge in [-0.15, -0.1) is 10.2 Å². The Hall–Kier alpha value is -1.50. The van der Waals surface area contributed by atoms with Crippen LogP contribution in [0.15, 0.2) is 6.33 Å². The standard InChI is InChI=1S/C8H13N5OS/c1-5(8-12-10-4-13(8)2)11-7(14)3-6(9)15/h4-5H,3H2,1-2H3,(H2,9,15)(H,11,14). The van der Waals surface area contributed by atoms with Crippen LogP contribution in [-0.4, -0.2) is 25.7 Å². The third-order valence-corrected chi connectivity index (χ3v) is 1.99. The van der Waals surface area contributed by atoms with E-state index in [0.717, 1.165) is 0 Å². The van der Waals surface area contributed by atoms with E-state index in [-0.39, 0.29) is 23.4 Å². The van der Waals surface area contributed by atoms with Crippen molar-refractivity contribution in [2.24, 2.45) is 12.8 Å². The number of carbonyl (C=O) groups is 1. The van der Waals surface area contributed by atoms with Crippen molar-refractivity contribution >= 4 is 23.1 Å². The van der Waals surface area contributed by atoms with E-state index in [9.17, 15) is 4.79 Å². The van der Waals surface area contributed by atoms with E-state index < -0.39 is 0 Å². The number of hydrogen-bond donors (Lipinski definition) is 2. The van der Waals surface area contributed by atoms with Gasteiger partial charge in [0.25, 0.3) is 0 Å². The van der Waals surface area contributed by atoms with Gasteiger partial charge in [0.15, 0.2) is 5.82 Å². The lowest BCUT2D eigenvalue weighted by molar-refractivity contribution is -0.120. The molecule has 0 saturated carbocycles. The first kappa shape index (κ1) is 11.6. The molecule has 0 bridgehead atoms. The van der Waals surface area contributed by atoms with Crippen molar-refractivity contribution in [3.05, 3.63) is 12.2 Å². The molecule has 6 nitrogen and oxygen atoms in total. The Morgan fingerprint density at radius 3 is 2.93 bits per heavy atom. The van der Waals surface area contributed by atoms with Crippen molar-refractivity contribution < 1.29 is 4.79 Å². The normalized spacial score (nSPS) is 12.1. The highest BCUT2D eigenvalue weighted by molar-refractivity contribution is 7.80. The van der Waals surface area contributed by atoms with Gasteiger partial charge in [0.05, 0.1) is 17.5 Å². The van der Waals surface area contributed by atoms with Crippen LogP contribution in [-0.2, 0) is 11.8 Å². The molecule has 15 heavy (non-hydrogen) atoms. The Morgan fingerprint density at radius 2 is 2.47 bits per heavy atom. The number of nitrogens with one attached hydrogen (secondary N) is 1. The van der Waals surface area contributed by atoms with Crippen LogP contribution in [0.25, 0.3) is 0 Å². The number of aromatic nitrogens is 3. The van der Waals surface area contributed by atoms with E-state index in [2.05, 4.69) is 27.7 Å². The Bertz CT molecular complexity index is 375. The minimum atomic E-state index is -0.210. The monoisotopic (exact) mass is 227 g/mol. The minimum Gasteiger partial charge on any atom is -0.393 e. The molecule has 1 amide bonds. The van der Waals surface area contributed by atoms with Crippen molar-refractivity contribution in [3.8, 4) is 0 Å². The first-order valence-electron chi connectivity index (χ1n) is 4.42. The Morgan fingerprint density at radius 1 is 1.80 bits per heavy atom. The number of nitrogens with two attached hydrogens (primary N) is 1. The van der Waals surface area contributed by atoms with Gasteiger partial charge in [-0.1, -0.05) is 12.2 Å². The maximum Gasteiger partial charge on any atom is 0.227 e. The van der Waals surface area contributed by atoms with Crippen molar-refractivity contribution in [3.63, 3.8) is 0 Å². The second kappa shape index (κ2) is 4.83. The van der Waals surface area contributed by atoms with Gasteiger partial charge in [-0.25, -0.2) is 0 Å². The second-order valence-corrected chi connectivity index (χ2v) is 3.76. The van der Waals surface area contributed by atoms with Gasteiger partial charge in [0.2, 0.25) is 5.91 Å². The lowest BCUT2D eigenvalue weighted by Crippen LogP contribution is -2.31. The lowest BCUT2D eigenvalue weighted by Gasteiger charge is -2.12. The molecule has 0 aliphatic rings. The van der Waals surface area contributed by atoms with Gasteiger partial charge in [-0.2, -0.15) is 0 Å². The largest absolute Gasteiger partial charge is 0.393 e. The molecule has 0 radical (unpaired) electrons. The number of amides is 1. The highest BCUT2D eigenvalue weighted by Crippen LogP contribution is 2.06. The second-order valence-electron chi connectivity index (χ2n) is 3.23. The molecule has 1 aromatic heterocycles. The van der Waals surface area contributed by atoms with Crippen molar-refractivity contribution in [1.29, 1.82) is 0 Å². The molecule has 0 aliphatic carbocycles. The maximum absolute atomic E-state index is 11.3. The van der Waals surface area contributed by atoms with Crippen LogP contribution in [0.5, 0.6) is 0 Å². The summed E-state index contributed by atoms with van der Waals surface area (Å²) in [6, 6.07) is -0.209. The third kappa shape index (κ3) is 3.28. The van der Waals surface area contributed by atoms with Crippen LogP contribution in [0.1, 0.15) is 25.2 Å². The molecule has 0 saturated heterocycles. The fraction of sp³-hybridized carbons (Fsp3) is 0.500. The van der Waals surface area contributed by atoms with Crippen LogP contribution in [0.3, 0.4) is 0 Å². The van der Waals surface area contributed by atoms with E-state index >= 15 is 0 Å². The number of aryl methyl sites for hydroxylation is 1. The summed E-state index contributed by atoms with van der Waals surface area (Å²) in [7, 11) is 1.81. The number of nitrogens with zero attached hydrogens (tertiary/aromatic N) is 3. The molecule has 1 atom stereocenters. The van der Waals surface area contributed by atoms with Gasteiger partial charge in [-0.05, 0) is 6.92 Å². The van der Waals surface area contributed by atoms with Gasteiger partial charge in [-0.3, -0.25) is 4.79 Å². The summed E-state index contributed by atoms with van der Waals surface area (Å²) in [6.45, 7) is 1.82. The quantitative estimate of drug-likeness (QED) is 0.688. The predicted molar refractivity (Wildman–Crippen MR) is 59.0 cm³/mol. The summed E-state index contributed by atoms with van der Waals surface area (Å²) in [4.78, 5) is 11.5. The SMILES string of the molecule is CC(NC(=O)CC(N)=S)c1nncn1C. The Labute approximate surface area is 92.9 Å². The number of thiocarbonyl (C=S) groups is 1. The maximum atomic E-state index is 11.3. The summed E-state index contributed by atoms with van der Waals surface area (Å²) in [5.74, 6) is 0.476. The topological polar surface area (TPSA) is 85.8 Å². The third-order valence-electron chi connectivity index (χ3n) is 1.85. The van der Waals surface area contributed by atoms with Crippen molar-refractivity contribution in [2.45, 2.75) is 19.4 Å². The summed E-state index contributed by atoms with van der Waals surface area (Å²) in [5.41, 5.74) is 5.26. The fourth-order valence-electron chi connectivity index (χ4n) is 1.20. The van der Waals surface area contributed by atoms with Crippen LogP contribution < -0.4 is 11.1 Å². The molecule has 0 aliphatic heterocycles. The van der Waals surface area contributed by atoms with Crippen LogP contribution in [0, 0.1) is 0 Å². The zero-order chi connectivity index (χ0) is 11.4. The molecule has 1 unspecified atom stereocenters. The summed E-state index contributed by atoms with van der Waals surface area (Å²) in [6.07, 6.45) is 1.63. The average molecular weight is 227 g/mol. The Balaban J connectivity index is 2.56. The van der Waals surface area contributed by atoms with E-state index in [1.54, 1.807) is 10.9 Å². The van der Waals surface area contributed by atoms with E-state index in [1.165, 1.54) is 0 Å². The molecular formula is C8H13N5OS. The zero-order valence-corrected chi connectivity index (χ0v) is 9.41. The molecule has 1 aromatic rings. The molecule has 0 aromatic carbocycles. The minimum absolute atomic E-state index is 0.0531. The summed E-state index contributed by atoms with van der Waals surface area (Å²) in [5, 5.41) is 10.3. The van der Waals surface area contributed by atoms with Gasteiger partial charge in [0.1, 0.15) is 6.33 Å². The van der Waals surface area contributed by atoms with Crippen LogP contribution in [0.2, 0.25) is 0 Å². The molecule has 7 heteroatoms. The summed E-state index contributed by atoms with van der Waals surface area (Å²) >= 11 is 4.63. The average Bonchev–Trinajstić information content (AvgIpc) is 2.49. The highest BCUT2D eigenvalue weighted by atomic mass is 32.1. The molecule has 82 valence electrons. The molecule has 1 rings (SSSR count). The Kier molecular flexibility index (Phi) is 3.73. The van der Waals surface area contributed by atoms with Crippen LogP contribution >= 0.6 is 12.2 Å². The summed E-state index contributed by atoms with van der Waals surface area (Å²) < 4.78 is 1.74. The number of carbonyl (C=O) groups excluding carboxylic acids is 1. The zero-order valence-electron chi connectivity index (χ0n) is 8.60. The molecule has 0 spiro atoms. The van der Waals surface area contributed by atoms with Gasteiger partial charge >= 0.3 is 0 Å². The molecule has 1 heterocycles. The molecule has 0 fully saturated rings. The van der Waals surface area contributed by atoms with Gasteiger partial charge < -0.3 is 15.6 Å². The lowest BCUT2D eigenvalue weighted by atomic mass is 10.3. The van der Waals surface area contributed by atoms with E-state index in [1.807, 2.05) is 14.0 Å². The fourth-order valence-corrected chi connectivity index (χ4v) is 1.33. The first-order valence-corrected chi connectivity index (χ1v) is 4.83. The molecular weight excluding hydrogens is 214 g/mol. The molecule has 3 N–H and O–H groups in total. The number of rotatable bonds is 4. The van der Waals surface area contributed by atoms with Crippen molar-refractivity contribution in [2.75, 3.05) is 0 Å². The van der Waals surface area contributed by atoms with E-state index in [4.69, 9.17) is 5.73 Å². The predicted octanol–water partition coefficient (Wildman–Crippen LogP) is -0.331. The van der Waals surface area contributed by atoms with Crippen molar-refractivity contribution in [1.82, 2.24) is 20.1 Å². The van der Waals surface area contributed by atoms with Crippen LogP contribution in [0.4, 0.5) is 0 Å².